The number of hydrogen-bond donors (Lipinski definition) is 1. The Morgan fingerprint density at radius 2 is 1.23 bits per heavy atom. The molecule has 7 aromatic rings. The Morgan fingerprint density at radius 1 is 0.571 bits per heavy atom. The van der Waals surface area contributed by atoms with Crippen LogP contribution in [0.5, 0.6) is 0 Å². The highest BCUT2D eigenvalue weighted by Crippen LogP contribution is 2.51. The summed E-state index contributed by atoms with van der Waals surface area (Å²) in [5, 5.41) is 8.01. The normalized spacial score (nSPS) is 15.3. The van der Waals surface area contributed by atoms with E-state index in [1.165, 1.54) is 5.56 Å². The number of anilines is 3. The van der Waals surface area contributed by atoms with Crippen LogP contribution in [0.2, 0.25) is 0 Å². The molecular weight excluding hydrogens is 432 g/mol. The number of para-hydroxylation sites is 4. The van der Waals surface area contributed by atoms with Crippen molar-refractivity contribution in [2.24, 2.45) is 0 Å². The van der Waals surface area contributed by atoms with E-state index in [1.807, 2.05) is 24.3 Å². The molecule has 1 N–H and O–H groups in total. The molecule has 0 amide bonds. The second-order valence-corrected chi connectivity index (χ2v) is 9.02. The van der Waals surface area contributed by atoms with Gasteiger partial charge >= 0.3 is 0 Å². The van der Waals surface area contributed by atoms with Gasteiger partial charge in [0.1, 0.15) is 22.9 Å². The number of benzene rings is 5. The van der Waals surface area contributed by atoms with E-state index in [4.69, 9.17) is 8.83 Å². The molecule has 1 aliphatic heterocycles. The Morgan fingerprint density at radius 3 is 2.09 bits per heavy atom. The topological polar surface area (TPSA) is 41.5 Å². The molecule has 0 radical (unpaired) electrons. The van der Waals surface area contributed by atoms with Crippen LogP contribution in [-0.4, -0.2) is 0 Å². The molecule has 0 saturated heterocycles. The molecule has 1 atom stereocenters. The summed E-state index contributed by atoms with van der Waals surface area (Å²) in [5.41, 5.74) is 7.85. The molecule has 2 aromatic heterocycles. The number of furan rings is 2. The third-order valence-electron chi connectivity index (χ3n) is 7.06. The van der Waals surface area contributed by atoms with Crippen LogP contribution in [0.4, 0.5) is 17.1 Å². The number of hydrogen-bond acceptors (Lipinski definition) is 4. The van der Waals surface area contributed by atoms with Gasteiger partial charge in [-0.15, -0.1) is 0 Å². The molecule has 8 rings (SSSR count). The van der Waals surface area contributed by atoms with Gasteiger partial charge < -0.3 is 19.1 Å². The number of fused-ring (bicyclic) bond motifs is 8. The molecule has 0 saturated carbocycles. The SMILES string of the molecule is c1ccc(C2Nc3ccccc3N2c2cc3c4ccccc4oc3c3c2oc2ccccc23)cc1. The highest BCUT2D eigenvalue weighted by molar-refractivity contribution is 6.25. The molecule has 35 heavy (non-hydrogen) atoms. The van der Waals surface area contributed by atoms with Gasteiger partial charge in [0.15, 0.2) is 5.58 Å². The number of nitrogens with one attached hydrogen (secondary N) is 1. The maximum Gasteiger partial charge on any atom is 0.162 e. The van der Waals surface area contributed by atoms with Gasteiger partial charge in [0, 0.05) is 16.2 Å². The minimum Gasteiger partial charge on any atom is -0.455 e. The van der Waals surface area contributed by atoms with Gasteiger partial charge in [0.05, 0.1) is 22.4 Å². The third-order valence-corrected chi connectivity index (χ3v) is 7.06. The molecule has 0 spiro atoms. The van der Waals surface area contributed by atoms with Crippen LogP contribution in [-0.2, 0) is 0 Å². The molecule has 5 aromatic carbocycles. The van der Waals surface area contributed by atoms with E-state index in [0.29, 0.717) is 0 Å². The first-order valence-electron chi connectivity index (χ1n) is 11.8. The van der Waals surface area contributed by atoms with Crippen molar-refractivity contribution in [3.63, 3.8) is 0 Å². The minimum absolute atomic E-state index is 0.0689. The second kappa shape index (κ2) is 6.90. The van der Waals surface area contributed by atoms with Crippen LogP contribution in [0.3, 0.4) is 0 Å². The average molecular weight is 453 g/mol. The van der Waals surface area contributed by atoms with Gasteiger partial charge in [0.25, 0.3) is 0 Å². The third kappa shape index (κ3) is 2.56. The zero-order valence-electron chi connectivity index (χ0n) is 18.7. The fourth-order valence-electron chi connectivity index (χ4n) is 5.52. The average Bonchev–Trinajstić information content (AvgIpc) is 3.60. The van der Waals surface area contributed by atoms with Crippen molar-refractivity contribution in [3.8, 4) is 0 Å². The summed E-state index contributed by atoms with van der Waals surface area (Å²) in [7, 11) is 0. The summed E-state index contributed by atoms with van der Waals surface area (Å²) in [6.45, 7) is 0. The van der Waals surface area contributed by atoms with Crippen molar-refractivity contribution in [2.75, 3.05) is 10.2 Å². The van der Waals surface area contributed by atoms with Gasteiger partial charge in [-0.1, -0.05) is 78.9 Å². The standard InChI is InChI=1S/C31H20N2O2/c1-2-10-19(11-3-1)31-32-23-14-6-7-15-24(23)33(31)25-18-22-20-12-4-8-16-26(20)34-29(22)28-21-13-5-9-17-27(21)35-30(25)28/h1-18,31-32H. The van der Waals surface area contributed by atoms with E-state index < -0.39 is 0 Å². The van der Waals surface area contributed by atoms with E-state index >= 15 is 0 Å². The van der Waals surface area contributed by atoms with Crippen molar-refractivity contribution in [1.29, 1.82) is 0 Å². The summed E-state index contributed by atoms with van der Waals surface area (Å²) in [6.07, 6.45) is -0.0689. The Balaban J connectivity index is 1.53. The Bertz CT molecular complexity index is 1900. The maximum absolute atomic E-state index is 6.57. The van der Waals surface area contributed by atoms with Crippen LogP contribution in [0.1, 0.15) is 11.7 Å². The Kier molecular flexibility index (Phi) is 3.69. The molecule has 0 fully saturated rings. The predicted octanol–water partition coefficient (Wildman–Crippen LogP) is 8.75. The van der Waals surface area contributed by atoms with E-state index in [2.05, 4.69) is 95.1 Å². The van der Waals surface area contributed by atoms with E-state index in [-0.39, 0.29) is 6.17 Å². The zero-order valence-corrected chi connectivity index (χ0v) is 18.7. The minimum atomic E-state index is -0.0689. The first kappa shape index (κ1) is 18.7. The lowest BCUT2D eigenvalue weighted by molar-refractivity contribution is 0.660. The summed E-state index contributed by atoms with van der Waals surface area (Å²) >= 11 is 0. The van der Waals surface area contributed by atoms with Crippen molar-refractivity contribution in [3.05, 3.63) is 115 Å². The quantitative estimate of drug-likeness (QED) is 0.285. The first-order valence-corrected chi connectivity index (χ1v) is 11.8. The molecule has 166 valence electrons. The van der Waals surface area contributed by atoms with Crippen LogP contribution in [0.25, 0.3) is 43.9 Å². The molecule has 1 unspecified atom stereocenters. The summed E-state index contributed by atoms with van der Waals surface area (Å²) in [6, 6.07) is 37.7. The molecule has 0 bridgehead atoms. The maximum atomic E-state index is 6.57. The lowest BCUT2D eigenvalue weighted by Crippen LogP contribution is -2.23. The number of rotatable bonds is 2. The van der Waals surface area contributed by atoms with Gasteiger partial charge in [-0.25, -0.2) is 0 Å². The van der Waals surface area contributed by atoms with Crippen molar-refractivity contribution in [1.82, 2.24) is 0 Å². The molecule has 3 heterocycles. The highest BCUT2D eigenvalue weighted by Gasteiger charge is 2.34. The van der Waals surface area contributed by atoms with Crippen LogP contribution >= 0.6 is 0 Å². The van der Waals surface area contributed by atoms with Crippen LogP contribution in [0.15, 0.2) is 118 Å². The summed E-state index contributed by atoms with van der Waals surface area (Å²) in [4.78, 5) is 2.36. The van der Waals surface area contributed by atoms with Gasteiger partial charge in [-0.05, 0) is 35.9 Å². The fraction of sp³-hybridized carbons (Fsp3) is 0.0323. The molecule has 4 nitrogen and oxygen atoms in total. The first-order chi connectivity index (χ1) is 17.4. The summed E-state index contributed by atoms with van der Waals surface area (Å²) < 4.78 is 13.0. The van der Waals surface area contributed by atoms with Crippen molar-refractivity contribution >= 4 is 60.9 Å². The zero-order chi connectivity index (χ0) is 22.9. The van der Waals surface area contributed by atoms with Crippen LogP contribution < -0.4 is 10.2 Å². The summed E-state index contributed by atoms with van der Waals surface area (Å²) in [5.74, 6) is 0. The van der Waals surface area contributed by atoms with E-state index in [1.54, 1.807) is 0 Å². The fourth-order valence-corrected chi connectivity index (χ4v) is 5.52. The molecule has 4 heteroatoms. The number of nitrogens with zero attached hydrogens (tertiary/aromatic N) is 1. The van der Waals surface area contributed by atoms with E-state index in [0.717, 1.165) is 60.9 Å². The molecular formula is C31H20N2O2. The highest BCUT2D eigenvalue weighted by atomic mass is 16.3. The Labute approximate surface area is 201 Å². The van der Waals surface area contributed by atoms with Crippen LogP contribution in [0, 0.1) is 0 Å². The van der Waals surface area contributed by atoms with Gasteiger partial charge in [0.2, 0.25) is 0 Å². The molecule has 0 aliphatic carbocycles. The van der Waals surface area contributed by atoms with E-state index in [9.17, 15) is 0 Å². The monoisotopic (exact) mass is 452 g/mol. The second-order valence-electron chi connectivity index (χ2n) is 9.02. The van der Waals surface area contributed by atoms with Crippen molar-refractivity contribution < 1.29 is 8.83 Å². The lowest BCUT2D eigenvalue weighted by atomic mass is 10.0. The molecule has 1 aliphatic rings. The smallest absolute Gasteiger partial charge is 0.162 e. The van der Waals surface area contributed by atoms with Gasteiger partial charge in [-0.3, -0.25) is 0 Å². The predicted molar refractivity (Wildman–Crippen MR) is 142 cm³/mol. The van der Waals surface area contributed by atoms with Gasteiger partial charge in [-0.2, -0.15) is 0 Å². The Hall–Kier alpha value is -4.70. The largest absolute Gasteiger partial charge is 0.455 e. The van der Waals surface area contributed by atoms with Crippen molar-refractivity contribution in [2.45, 2.75) is 6.17 Å². The lowest BCUT2D eigenvalue weighted by Gasteiger charge is -2.27.